The van der Waals surface area contributed by atoms with Crippen molar-refractivity contribution in [2.24, 2.45) is 13.0 Å². The van der Waals surface area contributed by atoms with E-state index in [4.69, 9.17) is 4.74 Å². The average molecular weight is 378 g/mol. The second-order valence-corrected chi connectivity index (χ2v) is 7.16. The Balaban J connectivity index is 1.57. The zero-order valence-electron chi connectivity index (χ0n) is 15.5. The maximum Gasteiger partial charge on any atom is 0.231 e. The van der Waals surface area contributed by atoms with Gasteiger partial charge in [-0.1, -0.05) is 0 Å². The van der Waals surface area contributed by atoms with Crippen LogP contribution in [0.5, 0.6) is 5.75 Å². The van der Waals surface area contributed by atoms with Gasteiger partial charge >= 0.3 is 0 Å². The van der Waals surface area contributed by atoms with Crippen molar-refractivity contribution in [1.82, 2.24) is 14.0 Å². The monoisotopic (exact) mass is 378 g/mol. The Morgan fingerprint density at radius 3 is 2.93 bits per heavy atom. The van der Waals surface area contributed by atoms with Crippen LogP contribution in [0.25, 0.3) is 27.7 Å². The van der Waals surface area contributed by atoms with Crippen molar-refractivity contribution in [2.75, 3.05) is 12.4 Å². The molecule has 1 aliphatic carbocycles. The minimum absolute atomic E-state index is 0.297. The van der Waals surface area contributed by atoms with Gasteiger partial charge in [0.15, 0.2) is 0 Å². The number of alkyl halides is 1. The number of methoxy groups -OCH3 is 1. The summed E-state index contributed by atoms with van der Waals surface area (Å²) in [5, 5.41) is 3.65. The van der Waals surface area contributed by atoms with Gasteiger partial charge in [0.25, 0.3) is 0 Å². The Bertz CT molecular complexity index is 1230. The number of aryl methyl sites for hydroxylation is 1. The lowest BCUT2D eigenvalue weighted by atomic mass is 10.1. The maximum atomic E-state index is 13.1. The van der Waals surface area contributed by atoms with E-state index in [1.165, 1.54) is 0 Å². The second kappa shape index (κ2) is 6.09. The van der Waals surface area contributed by atoms with Gasteiger partial charge in [-0.05, 0) is 30.7 Å². The van der Waals surface area contributed by atoms with E-state index < -0.39 is 12.1 Å². The molecule has 0 saturated heterocycles. The SMILES string of the molecule is COc1cc2cccn2cc1-c1cc2cc(NC(=O)[C@@H]3C[C@@H]3F)ncc2n1C. The number of rotatable bonds is 4. The van der Waals surface area contributed by atoms with Crippen LogP contribution in [-0.2, 0) is 11.8 Å². The number of anilines is 1. The van der Waals surface area contributed by atoms with E-state index in [1.807, 2.05) is 58.7 Å². The van der Waals surface area contributed by atoms with E-state index in [1.54, 1.807) is 13.3 Å². The van der Waals surface area contributed by atoms with Crippen LogP contribution >= 0.6 is 0 Å². The molecule has 28 heavy (non-hydrogen) atoms. The minimum atomic E-state index is -1.02. The van der Waals surface area contributed by atoms with Gasteiger partial charge in [0.2, 0.25) is 5.91 Å². The molecule has 0 unspecified atom stereocenters. The van der Waals surface area contributed by atoms with Crippen LogP contribution in [0.1, 0.15) is 6.42 Å². The van der Waals surface area contributed by atoms with Crippen molar-refractivity contribution < 1.29 is 13.9 Å². The summed E-state index contributed by atoms with van der Waals surface area (Å²) in [5.41, 5.74) is 3.90. The lowest BCUT2D eigenvalue weighted by molar-refractivity contribution is -0.117. The van der Waals surface area contributed by atoms with Crippen LogP contribution in [0.2, 0.25) is 0 Å². The van der Waals surface area contributed by atoms with Crippen molar-refractivity contribution in [3.63, 3.8) is 0 Å². The zero-order valence-corrected chi connectivity index (χ0v) is 15.5. The molecule has 0 spiro atoms. The summed E-state index contributed by atoms with van der Waals surface area (Å²) < 4.78 is 22.8. The molecule has 4 heterocycles. The first-order valence-corrected chi connectivity index (χ1v) is 9.10. The molecule has 1 amide bonds. The van der Waals surface area contributed by atoms with Gasteiger partial charge in [0, 0.05) is 36.4 Å². The third-order valence-corrected chi connectivity index (χ3v) is 5.35. The Morgan fingerprint density at radius 2 is 2.18 bits per heavy atom. The molecule has 5 rings (SSSR count). The summed E-state index contributed by atoms with van der Waals surface area (Å²) in [6.45, 7) is 0. The summed E-state index contributed by atoms with van der Waals surface area (Å²) in [4.78, 5) is 16.3. The molecule has 0 bridgehead atoms. The molecule has 1 fully saturated rings. The topological polar surface area (TPSA) is 60.6 Å². The van der Waals surface area contributed by atoms with E-state index in [9.17, 15) is 9.18 Å². The fraction of sp³-hybridized carbons (Fsp3) is 0.238. The van der Waals surface area contributed by atoms with E-state index in [0.717, 1.165) is 33.4 Å². The van der Waals surface area contributed by atoms with Gasteiger partial charge in [-0.3, -0.25) is 4.79 Å². The fourth-order valence-corrected chi connectivity index (χ4v) is 3.64. The molecule has 4 aromatic heterocycles. The molecule has 1 saturated carbocycles. The van der Waals surface area contributed by atoms with Crippen LogP contribution in [-0.4, -0.2) is 33.1 Å². The number of amides is 1. The molecule has 142 valence electrons. The quantitative estimate of drug-likeness (QED) is 0.588. The summed E-state index contributed by atoms with van der Waals surface area (Å²) in [5.74, 6) is 0.361. The Morgan fingerprint density at radius 1 is 1.36 bits per heavy atom. The van der Waals surface area contributed by atoms with Gasteiger partial charge < -0.3 is 19.0 Å². The van der Waals surface area contributed by atoms with Crippen molar-refractivity contribution in [3.8, 4) is 17.0 Å². The van der Waals surface area contributed by atoms with Crippen LogP contribution in [0.4, 0.5) is 10.2 Å². The Labute approximate surface area is 160 Å². The largest absolute Gasteiger partial charge is 0.496 e. The first kappa shape index (κ1) is 16.8. The molecule has 2 atom stereocenters. The fourth-order valence-electron chi connectivity index (χ4n) is 3.64. The number of ether oxygens (including phenoxy) is 1. The Hall–Kier alpha value is -3.35. The predicted molar refractivity (Wildman–Crippen MR) is 105 cm³/mol. The number of halogens is 1. The molecule has 6 nitrogen and oxygen atoms in total. The Kier molecular flexibility index (Phi) is 3.65. The standard InChI is InChI=1S/C21H19FN4O2/c1-25-17(15-11-26-5-3-4-13(26)8-19(15)28-2)6-12-7-20(23-10-18(12)25)24-21(27)14-9-16(14)22/h3-8,10-11,14,16H,9H2,1-2H3,(H,23,24,27)/t14-,16+/m1/s1. The number of aromatic nitrogens is 3. The first-order chi connectivity index (χ1) is 13.5. The summed E-state index contributed by atoms with van der Waals surface area (Å²) in [7, 11) is 3.63. The molecule has 0 aromatic carbocycles. The van der Waals surface area contributed by atoms with Crippen molar-refractivity contribution in [3.05, 3.63) is 48.9 Å². The summed E-state index contributed by atoms with van der Waals surface area (Å²) in [6.07, 6.45) is 5.02. The number of fused-ring (bicyclic) bond motifs is 2. The number of carbonyl (C=O) groups is 1. The van der Waals surface area contributed by atoms with Crippen LogP contribution in [0.3, 0.4) is 0 Å². The van der Waals surface area contributed by atoms with E-state index in [0.29, 0.717) is 12.2 Å². The van der Waals surface area contributed by atoms with Gasteiger partial charge in [-0.25, -0.2) is 9.37 Å². The lowest BCUT2D eigenvalue weighted by Gasteiger charge is -2.11. The predicted octanol–water partition coefficient (Wildman–Crippen LogP) is 3.80. The van der Waals surface area contributed by atoms with Crippen molar-refractivity contribution >= 4 is 28.1 Å². The summed E-state index contributed by atoms with van der Waals surface area (Å²) in [6, 6.07) is 9.86. The van der Waals surface area contributed by atoms with E-state index in [2.05, 4.69) is 10.3 Å². The molecule has 1 aliphatic rings. The first-order valence-electron chi connectivity index (χ1n) is 9.10. The van der Waals surface area contributed by atoms with Crippen LogP contribution in [0.15, 0.2) is 48.9 Å². The highest BCUT2D eigenvalue weighted by atomic mass is 19.1. The summed E-state index contributed by atoms with van der Waals surface area (Å²) >= 11 is 0. The third-order valence-electron chi connectivity index (χ3n) is 5.35. The third kappa shape index (κ3) is 2.62. The van der Waals surface area contributed by atoms with Gasteiger partial charge in [0.05, 0.1) is 36.0 Å². The highest BCUT2D eigenvalue weighted by molar-refractivity contribution is 5.96. The molecular weight excluding hydrogens is 359 g/mol. The number of carbonyl (C=O) groups excluding carboxylic acids is 1. The smallest absolute Gasteiger partial charge is 0.231 e. The molecule has 0 aliphatic heterocycles. The lowest BCUT2D eigenvalue weighted by Crippen LogP contribution is -2.15. The molecular formula is C21H19FN4O2. The molecule has 4 aromatic rings. The second-order valence-electron chi connectivity index (χ2n) is 7.16. The van der Waals surface area contributed by atoms with Crippen LogP contribution in [0, 0.1) is 5.92 Å². The number of nitrogens with one attached hydrogen (secondary N) is 1. The molecule has 1 N–H and O–H groups in total. The van der Waals surface area contributed by atoms with Crippen LogP contribution < -0.4 is 10.1 Å². The zero-order chi connectivity index (χ0) is 19.4. The van der Waals surface area contributed by atoms with E-state index >= 15 is 0 Å². The van der Waals surface area contributed by atoms with Gasteiger partial charge in [0.1, 0.15) is 17.7 Å². The number of nitrogens with zero attached hydrogens (tertiary/aromatic N) is 3. The number of hydrogen-bond acceptors (Lipinski definition) is 3. The molecule has 0 radical (unpaired) electrons. The van der Waals surface area contributed by atoms with Crippen molar-refractivity contribution in [2.45, 2.75) is 12.6 Å². The minimum Gasteiger partial charge on any atom is -0.496 e. The number of hydrogen-bond donors (Lipinski definition) is 1. The normalized spacial score (nSPS) is 18.5. The van der Waals surface area contributed by atoms with E-state index in [-0.39, 0.29) is 5.91 Å². The van der Waals surface area contributed by atoms with Gasteiger partial charge in [-0.15, -0.1) is 0 Å². The molecule has 7 heteroatoms. The van der Waals surface area contributed by atoms with Crippen molar-refractivity contribution in [1.29, 1.82) is 0 Å². The highest BCUT2D eigenvalue weighted by Gasteiger charge is 2.43. The highest BCUT2D eigenvalue weighted by Crippen LogP contribution is 2.36. The number of pyridine rings is 2. The average Bonchev–Trinajstić information content (AvgIpc) is 3.11. The maximum absolute atomic E-state index is 13.1. The van der Waals surface area contributed by atoms with Gasteiger partial charge in [-0.2, -0.15) is 0 Å².